The maximum atomic E-state index is 14.3. The summed E-state index contributed by atoms with van der Waals surface area (Å²) in [6.07, 6.45) is 2.50. The van der Waals surface area contributed by atoms with Gasteiger partial charge >= 0.3 is 0 Å². The van der Waals surface area contributed by atoms with Crippen LogP contribution in [0.1, 0.15) is 74.7 Å². The molecular weight excluding hydrogens is 626 g/mol. The number of aromatic nitrogens is 1. The summed E-state index contributed by atoms with van der Waals surface area (Å²) >= 11 is 0. The third-order valence-electron chi connectivity index (χ3n) is 8.42. The first-order valence-electron chi connectivity index (χ1n) is 16.3. The molecule has 1 aromatic heterocycles. The number of ether oxygens (including phenoxy) is 2. The van der Waals surface area contributed by atoms with Gasteiger partial charge in [0.25, 0.3) is 5.91 Å². The molecule has 0 saturated heterocycles. The molecule has 1 aliphatic heterocycles. The molecule has 1 aromatic carbocycles. The van der Waals surface area contributed by atoms with Gasteiger partial charge in [0.2, 0.25) is 15.9 Å². The summed E-state index contributed by atoms with van der Waals surface area (Å²) in [5.74, 6) is -0.259. The number of fused-ring (bicyclic) bond motifs is 1. The molecule has 14 heteroatoms. The molecule has 1 aliphatic rings. The Morgan fingerprint density at radius 2 is 1.91 bits per heavy atom. The van der Waals surface area contributed by atoms with Gasteiger partial charge in [0.15, 0.2) is 5.76 Å². The minimum absolute atomic E-state index is 0.0310. The third-order valence-corrected chi connectivity index (χ3v) is 10.5. The number of nitrogens with one attached hydrogen (secondary N) is 1. The van der Waals surface area contributed by atoms with E-state index in [9.17, 15) is 23.1 Å². The van der Waals surface area contributed by atoms with Gasteiger partial charge in [-0.05, 0) is 92.2 Å². The number of amides is 2. The maximum absolute atomic E-state index is 14.3. The minimum atomic E-state index is -3.94. The van der Waals surface area contributed by atoms with E-state index in [1.807, 2.05) is 32.8 Å². The van der Waals surface area contributed by atoms with Gasteiger partial charge in [-0.25, -0.2) is 8.42 Å². The lowest BCUT2D eigenvalue weighted by molar-refractivity contribution is -0.116. The number of anilines is 1. The Morgan fingerprint density at radius 3 is 2.55 bits per heavy atom. The van der Waals surface area contributed by atoms with Crippen LogP contribution in [-0.4, -0.2) is 117 Å². The van der Waals surface area contributed by atoms with Crippen molar-refractivity contribution in [2.45, 2.75) is 89.9 Å². The number of rotatable bonds is 11. The van der Waals surface area contributed by atoms with Crippen molar-refractivity contribution in [1.82, 2.24) is 19.3 Å². The smallest absolute Gasteiger partial charge is 0.258 e. The Hall–Kier alpha value is -3.04. The molecule has 0 fully saturated rings. The van der Waals surface area contributed by atoms with Gasteiger partial charge in [0.1, 0.15) is 16.3 Å². The van der Waals surface area contributed by atoms with Crippen LogP contribution in [0.3, 0.4) is 0 Å². The zero-order chi connectivity index (χ0) is 34.9. The highest BCUT2D eigenvalue weighted by atomic mass is 32.2. The van der Waals surface area contributed by atoms with Crippen LogP contribution in [0.25, 0.3) is 0 Å². The first-order valence-corrected chi connectivity index (χ1v) is 17.8. The van der Waals surface area contributed by atoms with Crippen molar-refractivity contribution in [3.63, 3.8) is 0 Å². The maximum Gasteiger partial charge on any atom is 0.258 e. The van der Waals surface area contributed by atoms with E-state index in [2.05, 4.69) is 10.5 Å². The van der Waals surface area contributed by atoms with Crippen molar-refractivity contribution in [3.05, 3.63) is 35.2 Å². The Bertz CT molecular complexity index is 1430. The predicted octanol–water partition coefficient (Wildman–Crippen LogP) is 3.69. The summed E-state index contributed by atoms with van der Waals surface area (Å²) in [5, 5.41) is 16.9. The Morgan fingerprint density at radius 1 is 1.19 bits per heavy atom. The molecule has 0 spiro atoms. The topological polar surface area (TPSA) is 155 Å². The highest BCUT2D eigenvalue weighted by Gasteiger charge is 2.34. The average Bonchev–Trinajstić information content (AvgIpc) is 3.36. The molecule has 47 heavy (non-hydrogen) atoms. The fraction of sp³-hybridized carbons (Fsp3) is 0.667. The lowest BCUT2D eigenvalue weighted by Crippen LogP contribution is -2.48. The van der Waals surface area contributed by atoms with Crippen LogP contribution < -0.4 is 10.1 Å². The van der Waals surface area contributed by atoms with Gasteiger partial charge in [-0.1, -0.05) is 12.1 Å². The van der Waals surface area contributed by atoms with E-state index >= 15 is 0 Å². The summed E-state index contributed by atoms with van der Waals surface area (Å²) in [5.41, 5.74) is 1.02. The molecule has 13 nitrogen and oxygen atoms in total. The van der Waals surface area contributed by atoms with Crippen molar-refractivity contribution in [2.24, 2.45) is 5.92 Å². The fourth-order valence-electron chi connectivity index (χ4n) is 5.59. The number of sulfonamides is 1. The normalized spacial score (nSPS) is 20.9. The quantitative estimate of drug-likeness (QED) is 0.359. The molecule has 4 atom stereocenters. The number of hydrogen-bond donors (Lipinski definition) is 2. The van der Waals surface area contributed by atoms with Crippen molar-refractivity contribution in [3.8, 4) is 5.75 Å². The van der Waals surface area contributed by atoms with E-state index in [1.54, 1.807) is 43.9 Å². The number of carbonyl (C=O) groups is 2. The van der Waals surface area contributed by atoms with Crippen LogP contribution in [0.4, 0.5) is 5.69 Å². The summed E-state index contributed by atoms with van der Waals surface area (Å²) in [6, 6.07) is 4.49. The number of nitrogens with zero attached hydrogens (tertiary/aromatic N) is 4. The summed E-state index contributed by atoms with van der Waals surface area (Å²) in [7, 11) is 1.46. The number of benzene rings is 1. The van der Waals surface area contributed by atoms with E-state index in [0.29, 0.717) is 37.3 Å². The standard InChI is InChI=1S/C33H53N5O8S/c1-22-19-38(23(2)21-39)33(41)28-18-27(34-31(40)13-11-16-36(6)7)14-15-29(28)45-24(3)12-9-10-17-44-30(22)20-37(8)47(42,43)32-25(4)35-46-26(32)5/h14-15,18,22-24,30,39H,9-13,16-17,19-21H2,1-8H3,(H,34,40)/t22-,23+,24-,30+/m1/s1. The average molecular weight is 680 g/mol. The number of carbonyl (C=O) groups excluding carboxylic acids is 2. The molecule has 0 saturated carbocycles. The van der Waals surface area contributed by atoms with Crippen LogP contribution in [0.2, 0.25) is 0 Å². The lowest BCUT2D eigenvalue weighted by atomic mass is 10.0. The molecule has 264 valence electrons. The monoisotopic (exact) mass is 679 g/mol. The summed E-state index contributed by atoms with van der Waals surface area (Å²) in [4.78, 5) is 30.6. The first-order chi connectivity index (χ1) is 22.1. The Balaban J connectivity index is 1.94. The minimum Gasteiger partial charge on any atom is -0.490 e. The molecule has 2 aromatic rings. The van der Waals surface area contributed by atoms with Crippen molar-refractivity contribution >= 4 is 27.5 Å². The second-order valence-electron chi connectivity index (χ2n) is 12.9. The zero-order valence-electron chi connectivity index (χ0n) is 29.1. The van der Waals surface area contributed by atoms with E-state index in [-0.39, 0.29) is 65.4 Å². The van der Waals surface area contributed by atoms with Gasteiger partial charge < -0.3 is 34.2 Å². The van der Waals surface area contributed by atoms with Crippen LogP contribution in [0.15, 0.2) is 27.6 Å². The fourth-order valence-corrected chi connectivity index (χ4v) is 7.06. The zero-order valence-corrected chi connectivity index (χ0v) is 29.9. The molecule has 0 radical (unpaired) electrons. The summed E-state index contributed by atoms with van der Waals surface area (Å²) < 4.78 is 46.0. The van der Waals surface area contributed by atoms with Crippen LogP contribution in [-0.2, 0) is 19.6 Å². The number of aryl methyl sites for hydroxylation is 2. The third kappa shape index (κ3) is 10.5. The van der Waals surface area contributed by atoms with Gasteiger partial charge in [-0.15, -0.1) is 0 Å². The first kappa shape index (κ1) is 38.4. The predicted molar refractivity (Wildman–Crippen MR) is 179 cm³/mol. The van der Waals surface area contributed by atoms with Crippen molar-refractivity contribution < 1.29 is 37.1 Å². The number of aliphatic hydroxyl groups is 1. The largest absolute Gasteiger partial charge is 0.490 e. The van der Waals surface area contributed by atoms with E-state index in [4.69, 9.17) is 14.0 Å². The molecule has 0 bridgehead atoms. The summed E-state index contributed by atoms with van der Waals surface area (Å²) in [6.45, 7) is 9.82. The lowest BCUT2D eigenvalue weighted by Gasteiger charge is -2.35. The van der Waals surface area contributed by atoms with Crippen LogP contribution in [0.5, 0.6) is 5.75 Å². The van der Waals surface area contributed by atoms with Crippen LogP contribution in [0, 0.1) is 19.8 Å². The Kier molecular flexibility index (Phi) is 14.2. The van der Waals surface area contributed by atoms with E-state index in [1.165, 1.54) is 11.4 Å². The molecule has 0 aliphatic carbocycles. The van der Waals surface area contributed by atoms with Crippen molar-refractivity contribution in [2.75, 3.05) is 59.3 Å². The van der Waals surface area contributed by atoms with E-state index < -0.39 is 22.2 Å². The van der Waals surface area contributed by atoms with Crippen LogP contribution >= 0.6 is 0 Å². The van der Waals surface area contributed by atoms with Gasteiger partial charge in [-0.2, -0.15) is 4.31 Å². The number of aliphatic hydroxyl groups excluding tert-OH is 1. The number of likely N-dealkylation sites (N-methyl/N-ethyl adjacent to an activating group) is 1. The van der Waals surface area contributed by atoms with Crippen molar-refractivity contribution in [1.29, 1.82) is 0 Å². The van der Waals surface area contributed by atoms with Gasteiger partial charge in [-0.3, -0.25) is 9.59 Å². The molecular formula is C33H53N5O8S. The molecule has 2 amide bonds. The van der Waals surface area contributed by atoms with E-state index in [0.717, 1.165) is 19.4 Å². The SMILES string of the molecule is Cc1noc(C)c1S(=O)(=O)N(C)C[C@@H]1OCCCC[C@@H](C)Oc2ccc(NC(=O)CCCN(C)C)cc2C(=O)N([C@@H](C)CO)C[C@H]1C. The Labute approximate surface area is 279 Å². The second kappa shape index (κ2) is 17.4. The van der Waals surface area contributed by atoms with Gasteiger partial charge in [0.05, 0.1) is 30.4 Å². The highest BCUT2D eigenvalue weighted by molar-refractivity contribution is 7.89. The molecule has 0 unspecified atom stereocenters. The number of hydrogen-bond acceptors (Lipinski definition) is 10. The highest BCUT2D eigenvalue weighted by Crippen LogP contribution is 2.29. The molecule has 2 N–H and O–H groups in total. The van der Waals surface area contributed by atoms with Gasteiger partial charge in [0, 0.05) is 44.8 Å². The molecule has 3 rings (SSSR count). The second-order valence-corrected chi connectivity index (χ2v) is 14.9. The molecule has 2 heterocycles.